The van der Waals surface area contributed by atoms with Crippen molar-refractivity contribution in [3.63, 3.8) is 0 Å². The van der Waals surface area contributed by atoms with E-state index in [4.69, 9.17) is 9.47 Å². The van der Waals surface area contributed by atoms with Crippen LogP contribution in [-0.4, -0.2) is 41.3 Å². The largest absolute Gasteiger partial charge is 0.493 e. The van der Waals surface area contributed by atoms with Crippen LogP contribution in [0.3, 0.4) is 0 Å². The Bertz CT molecular complexity index is 869. The summed E-state index contributed by atoms with van der Waals surface area (Å²) in [4.78, 5) is 12.0. The Labute approximate surface area is 160 Å². The Kier molecular flexibility index (Phi) is 7.06. The number of methoxy groups -OCH3 is 2. The number of hydrogen-bond donors (Lipinski definition) is 1. The van der Waals surface area contributed by atoms with Crippen LogP contribution in [0.5, 0.6) is 11.5 Å². The predicted octanol–water partition coefficient (Wildman–Crippen LogP) is 2.18. The minimum atomic E-state index is -3.58. The maximum Gasteiger partial charge on any atom is 0.235 e. The highest BCUT2D eigenvalue weighted by molar-refractivity contribution is 7.92. The second-order valence-electron chi connectivity index (χ2n) is 5.84. The monoisotopic (exact) mass is 392 g/mol. The molecule has 1 amide bonds. The first-order chi connectivity index (χ1) is 12.9. The van der Waals surface area contributed by atoms with Crippen molar-refractivity contribution in [2.24, 2.45) is 0 Å². The van der Waals surface area contributed by atoms with E-state index < -0.39 is 10.0 Å². The number of nitrogens with zero attached hydrogens (tertiary/aromatic N) is 1. The number of carbonyl (C=O) groups is 1. The summed E-state index contributed by atoms with van der Waals surface area (Å²) < 4.78 is 36.3. The van der Waals surface area contributed by atoms with Gasteiger partial charge >= 0.3 is 0 Å². The minimum absolute atomic E-state index is 0.118. The first-order valence-corrected chi connectivity index (χ1v) is 9.97. The highest BCUT2D eigenvalue weighted by Crippen LogP contribution is 2.27. The molecule has 0 aliphatic rings. The number of anilines is 1. The number of para-hydroxylation sites is 1. The van der Waals surface area contributed by atoms with Crippen LogP contribution in [0.1, 0.15) is 12.0 Å². The number of sulfonamides is 1. The predicted molar refractivity (Wildman–Crippen MR) is 105 cm³/mol. The molecule has 146 valence electrons. The summed E-state index contributed by atoms with van der Waals surface area (Å²) in [7, 11) is 0.987. The molecule has 0 radical (unpaired) electrons. The van der Waals surface area contributed by atoms with Gasteiger partial charge in [-0.05, 0) is 29.8 Å². The normalized spacial score (nSPS) is 10.9. The standard InChI is InChI=1S/C19H24N2O5S/c1-21(16-7-5-4-6-8-16)27(23,24)12-11-19(22)20-14-15-9-10-17(25-2)18(13-15)26-3/h4-10,13H,11-12,14H2,1-3H3,(H,20,22). The number of nitrogens with one attached hydrogen (secondary N) is 1. The average Bonchev–Trinajstić information content (AvgIpc) is 2.70. The molecule has 0 unspecified atom stereocenters. The van der Waals surface area contributed by atoms with Gasteiger partial charge in [-0.25, -0.2) is 8.42 Å². The maximum absolute atomic E-state index is 12.4. The summed E-state index contributed by atoms with van der Waals surface area (Å²) in [6.45, 7) is 0.272. The van der Waals surface area contributed by atoms with E-state index in [0.717, 1.165) is 5.56 Å². The fourth-order valence-electron chi connectivity index (χ4n) is 2.44. The Morgan fingerprint density at radius 1 is 1.04 bits per heavy atom. The number of amides is 1. The highest BCUT2D eigenvalue weighted by Gasteiger charge is 2.19. The van der Waals surface area contributed by atoms with E-state index in [2.05, 4.69) is 5.32 Å². The zero-order chi connectivity index (χ0) is 19.9. The van der Waals surface area contributed by atoms with Gasteiger partial charge in [0, 0.05) is 20.0 Å². The van der Waals surface area contributed by atoms with Gasteiger partial charge in [0.2, 0.25) is 15.9 Å². The van der Waals surface area contributed by atoms with Crippen LogP contribution in [0, 0.1) is 0 Å². The first-order valence-electron chi connectivity index (χ1n) is 8.36. The number of carbonyl (C=O) groups excluding carboxylic acids is 1. The van der Waals surface area contributed by atoms with Crippen molar-refractivity contribution in [1.82, 2.24) is 5.32 Å². The van der Waals surface area contributed by atoms with Gasteiger partial charge in [-0.2, -0.15) is 0 Å². The van der Waals surface area contributed by atoms with Crippen molar-refractivity contribution in [1.29, 1.82) is 0 Å². The molecule has 2 aromatic carbocycles. The molecule has 2 rings (SSSR count). The quantitative estimate of drug-likeness (QED) is 0.707. The smallest absolute Gasteiger partial charge is 0.235 e. The van der Waals surface area contributed by atoms with Gasteiger partial charge in [0.25, 0.3) is 0 Å². The fourth-order valence-corrected chi connectivity index (χ4v) is 3.60. The molecule has 0 saturated heterocycles. The third-order valence-electron chi connectivity index (χ3n) is 4.06. The van der Waals surface area contributed by atoms with Crippen molar-refractivity contribution >= 4 is 21.6 Å². The summed E-state index contributed by atoms with van der Waals surface area (Å²) in [5, 5.41) is 2.72. The molecule has 0 aromatic heterocycles. The molecule has 8 heteroatoms. The molecule has 0 fully saturated rings. The molecule has 0 aliphatic carbocycles. The van der Waals surface area contributed by atoms with Gasteiger partial charge in [-0.3, -0.25) is 9.10 Å². The van der Waals surface area contributed by atoms with Crippen molar-refractivity contribution in [3.05, 3.63) is 54.1 Å². The summed E-state index contributed by atoms with van der Waals surface area (Å²) in [5.74, 6) is 0.560. The van der Waals surface area contributed by atoms with Gasteiger partial charge in [-0.15, -0.1) is 0 Å². The van der Waals surface area contributed by atoms with Crippen molar-refractivity contribution in [3.8, 4) is 11.5 Å². The van der Waals surface area contributed by atoms with Crippen LogP contribution >= 0.6 is 0 Å². The van der Waals surface area contributed by atoms with E-state index in [1.807, 2.05) is 12.1 Å². The van der Waals surface area contributed by atoms with E-state index in [0.29, 0.717) is 17.2 Å². The van der Waals surface area contributed by atoms with E-state index in [1.54, 1.807) is 43.5 Å². The van der Waals surface area contributed by atoms with E-state index in [-0.39, 0.29) is 24.6 Å². The lowest BCUT2D eigenvalue weighted by atomic mass is 10.2. The van der Waals surface area contributed by atoms with Gasteiger partial charge in [0.05, 0.1) is 25.7 Å². The van der Waals surface area contributed by atoms with Crippen LogP contribution in [0.15, 0.2) is 48.5 Å². The summed E-state index contributed by atoms with van der Waals surface area (Å²) >= 11 is 0. The Morgan fingerprint density at radius 2 is 1.70 bits per heavy atom. The van der Waals surface area contributed by atoms with E-state index in [9.17, 15) is 13.2 Å². The SMILES string of the molecule is COc1ccc(CNC(=O)CCS(=O)(=O)N(C)c2ccccc2)cc1OC. The van der Waals surface area contributed by atoms with Crippen LogP contribution in [-0.2, 0) is 21.4 Å². The second-order valence-corrected chi connectivity index (χ2v) is 7.95. The Morgan fingerprint density at radius 3 is 2.33 bits per heavy atom. The minimum Gasteiger partial charge on any atom is -0.493 e. The maximum atomic E-state index is 12.4. The van der Waals surface area contributed by atoms with Crippen LogP contribution in [0.4, 0.5) is 5.69 Å². The van der Waals surface area contributed by atoms with Gasteiger partial charge in [-0.1, -0.05) is 24.3 Å². The third kappa shape index (κ3) is 5.62. The van der Waals surface area contributed by atoms with Crippen molar-refractivity contribution in [2.75, 3.05) is 31.3 Å². The molecular formula is C19H24N2O5S. The topological polar surface area (TPSA) is 84.9 Å². The molecule has 0 spiro atoms. The molecule has 0 aliphatic heterocycles. The van der Waals surface area contributed by atoms with E-state index in [1.165, 1.54) is 18.5 Å². The second kappa shape index (κ2) is 9.27. The fraction of sp³-hybridized carbons (Fsp3) is 0.316. The molecule has 2 aromatic rings. The lowest BCUT2D eigenvalue weighted by Gasteiger charge is -2.19. The summed E-state index contributed by atoms with van der Waals surface area (Å²) in [5.41, 5.74) is 1.38. The van der Waals surface area contributed by atoms with E-state index >= 15 is 0 Å². The molecule has 0 bridgehead atoms. The highest BCUT2D eigenvalue weighted by atomic mass is 32.2. The summed E-state index contributed by atoms with van der Waals surface area (Å²) in [6, 6.07) is 14.1. The lowest BCUT2D eigenvalue weighted by molar-refractivity contribution is -0.120. The number of benzene rings is 2. The van der Waals surface area contributed by atoms with Crippen molar-refractivity contribution < 1.29 is 22.7 Å². The van der Waals surface area contributed by atoms with Crippen LogP contribution in [0.25, 0.3) is 0 Å². The van der Waals surface area contributed by atoms with Gasteiger partial charge < -0.3 is 14.8 Å². The Balaban J connectivity index is 1.89. The summed E-state index contributed by atoms with van der Waals surface area (Å²) in [6.07, 6.45) is -0.118. The molecule has 7 nitrogen and oxygen atoms in total. The molecule has 0 atom stereocenters. The third-order valence-corrected chi connectivity index (χ3v) is 5.83. The number of hydrogen-bond acceptors (Lipinski definition) is 5. The molecule has 27 heavy (non-hydrogen) atoms. The number of ether oxygens (including phenoxy) is 2. The van der Waals surface area contributed by atoms with Gasteiger partial charge in [0.1, 0.15) is 0 Å². The van der Waals surface area contributed by atoms with Crippen LogP contribution < -0.4 is 19.1 Å². The zero-order valence-electron chi connectivity index (χ0n) is 15.6. The molecule has 1 N–H and O–H groups in total. The lowest BCUT2D eigenvalue weighted by Crippen LogP contribution is -2.32. The Hall–Kier alpha value is -2.74. The molecular weight excluding hydrogens is 368 g/mol. The van der Waals surface area contributed by atoms with Crippen molar-refractivity contribution in [2.45, 2.75) is 13.0 Å². The van der Waals surface area contributed by atoms with Crippen LogP contribution in [0.2, 0.25) is 0 Å². The average molecular weight is 392 g/mol. The van der Waals surface area contributed by atoms with Gasteiger partial charge in [0.15, 0.2) is 11.5 Å². The number of rotatable bonds is 9. The first kappa shape index (κ1) is 20.6. The molecule has 0 saturated carbocycles. The molecule has 0 heterocycles. The zero-order valence-corrected chi connectivity index (χ0v) is 16.5.